The van der Waals surface area contributed by atoms with Crippen LogP contribution in [0.1, 0.15) is 36.9 Å². The average molecular weight is 402 g/mol. The van der Waals surface area contributed by atoms with Crippen LogP contribution in [0.15, 0.2) is 12.1 Å². The van der Waals surface area contributed by atoms with E-state index >= 15 is 0 Å². The number of alkyl halides is 3. The molecule has 148 valence electrons. The first-order valence-corrected chi connectivity index (χ1v) is 9.91. The Bertz CT molecular complexity index is 733. The lowest BCUT2D eigenvalue weighted by atomic mass is 9.65. The van der Waals surface area contributed by atoms with Gasteiger partial charge in [0.25, 0.3) is 0 Å². The van der Waals surface area contributed by atoms with E-state index in [1.54, 1.807) is 11.0 Å². The van der Waals surface area contributed by atoms with Gasteiger partial charge in [0.1, 0.15) is 5.15 Å². The summed E-state index contributed by atoms with van der Waals surface area (Å²) in [4.78, 5) is 19.4. The minimum Gasteiger partial charge on any atom is -0.342 e. The highest BCUT2D eigenvalue weighted by molar-refractivity contribution is 6.29. The Labute approximate surface area is 161 Å². The van der Waals surface area contributed by atoms with Gasteiger partial charge in [-0.2, -0.15) is 13.2 Å². The topological polar surface area (TPSA) is 45.2 Å². The number of hydrogen-bond donors (Lipinski definition) is 1. The summed E-state index contributed by atoms with van der Waals surface area (Å²) in [5.41, 5.74) is 1.70. The molecule has 1 spiro atoms. The molecule has 4 rings (SSSR count). The fourth-order valence-corrected chi connectivity index (χ4v) is 5.26. The van der Waals surface area contributed by atoms with Gasteiger partial charge in [-0.3, -0.25) is 4.79 Å². The lowest BCUT2D eigenvalue weighted by Crippen LogP contribution is -2.50. The van der Waals surface area contributed by atoms with Crippen molar-refractivity contribution in [2.45, 2.75) is 43.7 Å². The Kier molecular flexibility index (Phi) is 4.87. The lowest BCUT2D eigenvalue weighted by Gasteiger charge is -2.42. The highest BCUT2D eigenvalue weighted by Gasteiger charge is 2.52. The highest BCUT2D eigenvalue weighted by Crippen LogP contribution is 2.46. The van der Waals surface area contributed by atoms with Gasteiger partial charge in [0.05, 0.1) is 11.8 Å². The maximum atomic E-state index is 13.3. The molecular formula is C19H23ClF3N3O. The quantitative estimate of drug-likeness (QED) is 0.734. The van der Waals surface area contributed by atoms with E-state index in [0.717, 1.165) is 30.5 Å². The number of carbonyl (C=O) groups excluding carboxylic acids is 1. The number of aromatic nitrogens is 1. The molecule has 0 radical (unpaired) electrons. The number of halogens is 4. The third-order valence-corrected chi connectivity index (χ3v) is 6.75. The molecule has 4 nitrogen and oxygen atoms in total. The van der Waals surface area contributed by atoms with Gasteiger partial charge in [-0.15, -0.1) is 0 Å². The molecule has 1 amide bonds. The number of rotatable bonds is 1. The van der Waals surface area contributed by atoms with Gasteiger partial charge in [-0.25, -0.2) is 4.98 Å². The van der Waals surface area contributed by atoms with Gasteiger partial charge in [-0.1, -0.05) is 17.7 Å². The van der Waals surface area contributed by atoms with Crippen LogP contribution in [0.3, 0.4) is 0 Å². The van der Waals surface area contributed by atoms with E-state index in [1.807, 2.05) is 6.07 Å². The molecule has 2 atom stereocenters. The summed E-state index contributed by atoms with van der Waals surface area (Å²) in [6, 6.07) is 3.75. The summed E-state index contributed by atoms with van der Waals surface area (Å²) in [7, 11) is 0. The second-order valence-corrected chi connectivity index (χ2v) is 8.35. The number of fused-ring (bicyclic) bond motifs is 2. The Morgan fingerprint density at radius 2 is 2.04 bits per heavy atom. The molecule has 2 unspecified atom stereocenters. The third kappa shape index (κ3) is 3.33. The van der Waals surface area contributed by atoms with Crippen LogP contribution < -0.4 is 5.32 Å². The number of amides is 1. The summed E-state index contributed by atoms with van der Waals surface area (Å²) in [6.07, 6.45) is -1.52. The van der Waals surface area contributed by atoms with Gasteiger partial charge >= 0.3 is 6.18 Å². The number of hydrogen-bond acceptors (Lipinski definition) is 3. The summed E-state index contributed by atoms with van der Waals surface area (Å²) >= 11 is 6.05. The molecule has 1 N–H and O–H groups in total. The number of aryl methyl sites for hydroxylation is 1. The zero-order valence-electron chi connectivity index (χ0n) is 15.0. The van der Waals surface area contributed by atoms with E-state index < -0.39 is 12.1 Å². The molecule has 0 bridgehead atoms. The Balaban J connectivity index is 1.56. The van der Waals surface area contributed by atoms with E-state index in [2.05, 4.69) is 10.3 Å². The molecule has 27 heavy (non-hydrogen) atoms. The largest absolute Gasteiger partial charge is 0.391 e. The van der Waals surface area contributed by atoms with E-state index in [9.17, 15) is 18.0 Å². The smallest absolute Gasteiger partial charge is 0.342 e. The fourth-order valence-electron chi connectivity index (χ4n) is 5.10. The van der Waals surface area contributed by atoms with Gasteiger partial charge < -0.3 is 10.2 Å². The highest BCUT2D eigenvalue weighted by atomic mass is 35.5. The van der Waals surface area contributed by atoms with E-state index in [1.165, 1.54) is 0 Å². The normalized spacial score (nSPS) is 29.2. The van der Waals surface area contributed by atoms with E-state index in [4.69, 9.17) is 11.6 Å². The summed E-state index contributed by atoms with van der Waals surface area (Å²) in [5.74, 6) is -1.58. The van der Waals surface area contributed by atoms with Crippen molar-refractivity contribution in [1.82, 2.24) is 15.2 Å². The number of nitrogens with one attached hydrogen (secondary N) is 1. The zero-order valence-corrected chi connectivity index (χ0v) is 15.7. The average Bonchev–Trinajstić information content (AvgIpc) is 3.04. The van der Waals surface area contributed by atoms with Crippen LogP contribution in [0.4, 0.5) is 13.2 Å². The Hall–Kier alpha value is -1.34. The van der Waals surface area contributed by atoms with Gasteiger partial charge in [0, 0.05) is 37.3 Å². The monoisotopic (exact) mass is 401 g/mol. The van der Waals surface area contributed by atoms with E-state index in [0.29, 0.717) is 18.2 Å². The zero-order chi connectivity index (χ0) is 19.2. The van der Waals surface area contributed by atoms with Gasteiger partial charge in [0.2, 0.25) is 5.91 Å². The molecule has 2 fully saturated rings. The van der Waals surface area contributed by atoms with Crippen LogP contribution in [0.2, 0.25) is 5.15 Å². The predicted octanol–water partition coefficient (Wildman–Crippen LogP) is 3.33. The number of pyridine rings is 1. The van der Waals surface area contributed by atoms with Crippen molar-refractivity contribution >= 4 is 17.5 Å². The lowest BCUT2D eigenvalue weighted by molar-refractivity contribution is -0.187. The number of likely N-dealkylation sites (tertiary alicyclic amines) is 1. The van der Waals surface area contributed by atoms with Crippen molar-refractivity contribution in [2.24, 2.45) is 11.8 Å². The SMILES string of the molecule is O=C(C1CNCC12CCCc1nc(Cl)ccc12)N1CCC(C(F)(F)F)CC1. The number of piperidine rings is 1. The molecule has 8 heteroatoms. The van der Waals surface area contributed by atoms with Crippen LogP contribution >= 0.6 is 11.6 Å². The Morgan fingerprint density at radius 3 is 2.74 bits per heavy atom. The van der Waals surface area contributed by atoms with Crippen molar-refractivity contribution in [3.63, 3.8) is 0 Å². The standard InChI is InChI=1S/C19H23ClF3N3O/c20-16-4-3-13-15(25-16)2-1-7-18(13)11-24-10-14(18)17(27)26-8-5-12(6-9-26)19(21,22)23/h3-4,12,14,24H,1-2,5-11H2. The van der Waals surface area contributed by atoms with Crippen molar-refractivity contribution in [3.05, 3.63) is 28.5 Å². The van der Waals surface area contributed by atoms with Crippen LogP contribution in [-0.4, -0.2) is 48.1 Å². The first-order chi connectivity index (χ1) is 12.8. The molecular weight excluding hydrogens is 379 g/mol. The predicted molar refractivity (Wildman–Crippen MR) is 95.6 cm³/mol. The summed E-state index contributed by atoms with van der Waals surface area (Å²) in [5, 5.41) is 3.81. The molecule has 1 aromatic rings. The minimum atomic E-state index is -4.17. The molecule has 3 heterocycles. The minimum absolute atomic E-state index is 0.00383. The second kappa shape index (κ2) is 6.92. The van der Waals surface area contributed by atoms with Crippen molar-refractivity contribution < 1.29 is 18.0 Å². The number of carbonyl (C=O) groups is 1. The number of nitrogens with zero attached hydrogens (tertiary/aromatic N) is 2. The van der Waals surface area contributed by atoms with Crippen molar-refractivity contribution in [2.75, 3.05) is 26.2 Å². The van der Waals surface area contributed by atoms with Gasteiger partial charge in [0.15, 0.2) is 0 Å². The van der Waals surface area contributed by atoms with Crippen LogP contribution in [0, 0.1) is 11.8 Å². The maximum absolute atomic E-state index is 13.3. The molecule has 1 aromatic heterocycles. The van der Waals surface area contributed by atoms with Crippen molar-refractivity contribution in [3.8, 4) is 0 Å². The van der Waals surface area contributed by atoms with Crippen LogP contribution in [-0.2, 0) is 16.6 Å². The first-order valence-electron chi connectivity index (χ1n) is 9.53. The first kappa shape index (κ1) is 19.0. The van der Waals surface area contributed by atoms with Crippen LogP contribution in [0.25, 0.3) is 0 Å². The molecule has 1 aliphatic carbocycles. The molecule has 3 aliphatic rings. The molecule has 0 saturated carbocycles. The molecule has 2 saturated heterocycles. The van der Waals surface area contributed by atoms with Crippen LogP contribution in [0.5, 0.6) is 0 Å². The third-order valence-electron chi connectivity index (χ3n) is 6.54. The fraction of sp³-hybridized carbons (Fsp3) is 0.684. The van der Waals surface area contributed by atoms with Crippen molar-refractivity contribution in [1.29, 1.82) is 0 Å². The second-order valence-electron chi connectivity index (χ2n) is 7.96. The molecule has 2 aliphatic heterocycles. The Morgan fingerprint density at radius 1 is 1.30 bits per heavy atom. The summed E-state index contributed by atoms with van der Waals surface area (Å²) in [6.45, 7) is 1.61. The van der Waals surface area contributed by atoms with Gasteiger partial charge in [-0.05, 0) is 43.7 Å². The van der Waals surface area contributed by atoms with E-state index in [-0.39, 0.29) is 43.2 Å². The maximum Gasteiger partial charge on any atom is 0.391 e. The summed E-state index contributed by atoms with van der Waals surface area (Å²) < 4.78 is 38.8. The molecule has 0 aromatic carbocycles.